The molecule has 1 aromatic rings. The van der Waals surface area contributed by atoms with Crippen molar-refractivity contribution in [1.82, 2.24) is 0 Å². The lowest BCUT2D eigenvalue weighted by Crippen LogP contribution is -2.27. The monoisotopic (exact) mass is 233 g/mol. The van der Waals surface area contributed by atoms with Crippen molar-refractivity contribution in [2.24, 2.45) is 5.73 Å². The first-order valence-electron chi connectivity index (χ1n) is 4.28. The third kappa shape index (κ3) is 4.38. The highest BCUT2D eigenvalue weighted by molar-refractivity contribution is 5.96. The maximum absolute atomic E-state index is 12.5. The fraction of sp³-hybridized carbons (Fsp3) is 0.300. The fourth-order valence-corrected chi connectivity index (χ4v) is 1.06. The van der Waals surface area contributed by atoms with Gasteiger partial charge in [0.25, 0.3) is 0 Å². The Bertz CT molecular complexity index is 316. The molecule has 0 aromatic heterocycles. The van der Waals surface area contributed by atoms with Crippen LogP contribution in [0.3, 0.4) is 0 Å². The number of rotatable bonds is 4. The van der Waals surface area contributed by atoms with E-state index in [-0.39, 0.29) is 37.0 Å². The largest absolute Gasteiger partial charge is 0.395 e. The van der Waals surface area contributed by atoms with E-state index < -0.39 is 6.04 Å². The zero-order chi connectivity index (χ0) is 10.6. The summed E-state index contributed by atoms with van der Waals surface area (Å²) < 4.78 is 12.5. The number of ketones is 1. The van der Waals surface area contributed by atoms with Crippen LogP contribution in [0, 0.1) is 5.82 Å². The number of hydrogen-bond acceptors (Lipinski definition) is 3. The van der Waals surface area contributed by atoms with E-state index in [0.717, 1.165) is 0 Å². The highest BCUT2D eigenvalue weighted by atomic mass is 35.5. The Morgan fingerprint density at radius 1 is 1.40 bits per heavy atom. The van der Waals surface area contributed by atoms with Crippen LogP contribution < -0.4 is 5.73 Å². The van der Waals surface area contributed by atoms with Gasteiger partial charge in [-0.3, -0.25) is 4.79 Å². The van der Waals surface area contributed by atoms with Crippen molar-refractivity contribution in [1.29, 1.82) is 0 Å². The van der Waals surface area contributed by atoms with E-state index in [9.17, 15) is 9.18 Å². The molecule has 0 amide bonds. The number of carbonyl (C=O) groups excluding carboxylic acids is 1. The molecule has 1 rings (SSSR count). The first-order valence-corrected chi connectivity index (χ1v) is 4.28. The van der Waals surface area contributed by atoms with E-state index in [1.807, 2.05) is 0 Å². The zero-order valence-electron chi connectivity index (χ0n) is 8.02. The standard InChI is InChI=1S/C10H12FNO2.ClH/c11-8-3-1-7(2-4-8)10(14)5-9(12)6-13;/h1-4,9,13H,5-6,12H2;1H. The van der Waals surface area contributed by atoms with Gasteiger partial charge in [0, 0.05) is 18.0 Å². The summed E-state index contributed by atoms with van der Waals surface area (Å²) in [6.07, 6.45) is 0.0716. The van der Waals surface area contributed by atoms with Crippen LogP contribution in [0.4, 0.5) is 4.39 Å². The van der Waals surface area contributed by atoms with Gasteiger partial charge < -0.3 is 10.8 Å². The van der Waals surface area contributed by atoms with E-state index in [0.29, 0.717) is 5.56 Å². The van der Waals surface area contributed by atoms with Crippen molar-refractivity contribution in [2.45, 2.75) is 12.5 Å². The Balaban J connectivity index is 0.00000196. The van der Waals surface area contributed by atoms with Crippen LogP contribution in [0.2, 0.25) is 0 Å². The number of nitrogens with two attached hydrogens (primary N) is 1. The van der Waals surface area contributed by atoms with Crippen molar-refractivity contribution < 1.29 is 14.3 Å². The highest BCUT2D eigenvalue weighted by Gasteiger charge is 2.10. The molecule has 3 nitrogen and oxygen atoms in total. The van der Waals surface area contributed by atoms with Gasteiger partial charge in [0.05, 0.1) is 6.61 Å². The fourth-order valence-electron chi connectivity index (χ4n) is 1.06. The normalized spacial score (nSPS) is 11.7. The van der Waals surface area contributed by atoms with Crippen LogP contribution in [0.25, 0.3) is 0 Å². The van der Waals surface area contributed by atoms with Gasteiger partial charge in [-0.2, -0.15) is 0 Å². The van der Waals surface area contributed by atoms with Crippen molar-refractivity contribution >= 4 is 18.2 Å². The average Bonchev–Trinajstić information content (AvgIpc) is 2.18. The molecule has 0 spiro atoms. The van der Waals surface area contributed by atoms with Crippen LogP contribution in [-0.2, 0) is 0 Å². The van der Waals surface area contributed by atoms with Crippen LogP contribution in [0.5, 0.6) is 0 Å². The molecule has 15 heavy (non-hydrogen) atoms. The number of aliphatic hydroxyl groups is 1. The minimum Gasteiger partial charge on any atom is -0.395 e. The molecule has 0 saturated carbocycles. The average molecular weight is 234 g/mol. The number of Topliss-reactive ketones (excluding diaryl/α,β-unsaturated/α-hetero) is 1. The Labute approximate surface area is 93.5 Å². The molecule has 0 bridgehead atoms. The van der Waals surface area contributed by atoms with E-state index in [1.54, 1.807) is 0 Å². The van der Waals surface area contributed by atoms with Gasteiger partial charge >= 0.3 is 0 Å². The van der Waals surface area contributed by atoms with Crippen molar-refractivity contribution in [2.75, 3.05) is 6.61 Å². The second-order valence-corrected chi connectivity index (χ2v) is 3.08. The van der Waals surface area contributed by atoms with Gasteiger partial charge in [-0.25, -0.2) is 4.39 Å². The first kappa shape index (κ1) is 14.0. The third-order valence-electron chi connectivity index (χ3n) is 1.85. The summed E-state index contributed by atoms with van der Waals surface area (Å²) in [6, 6.07) is 4.70. The summed E-state index contributed by atoms with van der Waals surface area (Å²) in [5, 5.41) is 8.64. The summed E-state index contributed by atoms with van der Waals surface area (Å²) in [5.41, 5.74) is 5.81. The minimum atomic E-state index is -0.549. The molecule has 5 heteroatoms. The lowest BCUT2D eigenvalue weighted by atomic mass is 10.0. The van der Waals surface area contributed by atoms with Crippen LogP contribution >= 0.6 is 12.4 Å². The molecular weight excluding hydrogens is 221 g/mol. The molecule has 0 aliphatic carbocycles. The molecule has 3 N–H and O–H groups in total. The van der Waals surface area contributed by atoms with E-state index in [1.165, 1.54) is 24.3 Å². The van der Waals surface area contributed by atoms with E-state index >= 15 is 0 Å². The van der Waals surface area contributed by atoms with Gasteiger partial charge in [-0.05, 0) is 24.3 Å². The Hall–Kier alpha value is -0.970. The molecule has 84 valence electrons. The smallest absolute Gasteiger partial charge is 0.164 e. The summed E-state index contributed by atoms with van der Waals surface area (Å²) >= 11 is 0. The number of carbonyl (C=O) groups is 1. The third-order valence-corrected chi connectivity index (χ3v) is 1.85. The van der Waals surface area contributed by atoms with E-state index in [4.69, 9.17) is 10.8 Å². The molecule has 1 unspecified atom stereocenters. The summed E-state index contributed by atoms with van der Waals surface area (Å²) in [4.78, 5) is 11.4. The molecule has 0 saturated heterocycles. The van der Waals surface area contributed by atoms with Crippen LogP contribution in [0.15, 0.2) is 24.3 Å². The molecule has 0 aliphatic rings. The lowest BCUT2D eigenvalue weighted by Gasteiger charge is -2.06. The molecular formula is C10H13ClFNO2. The number of halogens is 2. The zero-order valence-corrected chi connectivity index (χ0v) is 8.84. The summed E-state index contributed by atoms with van der Waals surface area (Å²) in [6.45, 7) is -0.229. The summed E-state index contributed by atoms with van der Waals surface area (Å²) in [7, 11) is 0. The van der Waals surface area contributed by atoms with Gasteiger partial charge in [0.15, 0.2) is 5.78 Å². The second kappa shape index (κ2) is 6.50. The van der Waals surface area contributed by atoms with Crippen LogP contribution in [-0.4, -0.2) is 23.5 Å². The predicted molar refractivity (Wildman–Crippen MR) is 57.7 cm³/mol. The number of benzene rings is 1. The van der Waals surface area contributed by atoms with E-state index in [2.05, 4.69) is 0 Å². The van der Waals surface area contributed by atoms with Gasteiger partial charge in [0.2, 0.25) is 0 Å². The molecule has 0 fully saturated rings. The van der Waals surface area contributed by atoms with Crippen molar-refractivity contribution in [3.63, 3.8) is 0 Å². The maximum Gasteiger partial charge on any atom is 0.164 e. The highest BCUT2D eigenvalue weighted by Crippen LogP contribution is 2.06. The minimum absolute atomic E-state index is 0. The van der Waals surface area contributed by atoms with Gasteiger partial charge in [-0.15, -0.1) is 12.4 Å². The topological polar surface area (TPSA) is 63.3 Å². The maximum atomic E-state index is 12.5. The quantitative estimate of drug-likeness (QED) is 0.767. The molecule has 0 radical (unpaired) electrons. The lowest BCUT2D eigenvalue weighted by molar-refractivity contribution is 0.0961. The Morgan fingerprint density at radius 2 is 1.93 bits per heavy atom. The molecule has 1 atom stereocenters. The molecule has 1 aromatic carbocycles. The predicted octanol–water partition coefficient (Wildman–Crippen LogP) is 1.14. The Morgan fingerprint density at radius 3 is 2.40 bits per heavy atom. The SMILES string of the molecule is Cl.NC(CO)CC(=O)c1ccc(F)cc1. The number of aliphatic hydroxyl groups excluding tert-OH is 1. The van der Waals surface area contributed by atoms with Gasteiger partial charge in [-0.1, -0.05) is 0 Å². The van der Waals surface area contributed by atoms with Crippen LogP contribution in [0.1, 0.15) is 16.8 Å². The molecule has 0 aliphatic heterocycles. The Kier molecular flexibility index (Phi) is 6.08. The first-order chi connectivity index (χ1) is 6.63. The second-order valence-electron chi connectivity index (χ2n) is 3.08. The van der Waals surface area contributed by atoms with Crippen molar-refractivity contribution in [3.8, 4) is 0 Å². The molecule has 0 heterocycles. The number of hydrogen-bond donors (Lipinski definition) is 2. The van der Waals surface area contributed by atoms with Gasteiger partial charge in [0.1, 0.15) is 5.82 Å². The summed E-state index contributed by atoms with van der Waals surface area (Å²) in [5.74, 6) is -0.570. The van der Waals surface area contributed by atoms with Crippen molar-refractivity contribution in [3.05, 3.63) is 35.6 Å².